The molecule has 3 rings (SSSR count). The van der Waals surface area contributed by atoms with Crippen LogP contribution in [0.25, 0.3) is 0 Å². The molecule has 2 amide bonds. The summed E-state index contributed by atoms with van der Waals surface area (Å²) >= 11 is 0. The number of fused-ring (bicyclic) bond motifs is 1. The van der Waals surface area contributed by atoms with Crippen molar-refractivity contribution in [3.63, 3.8) is 0 Å². The fourth-order valence-corrected chi connectivity index (χ4v) is 2.57. The molecule has 1 aromatic rings. The second-order valence-electron chi connectivity index (χ2n) is 5.35. The Labute approximate surface area is 123 Å². The summed E-state index contributed by atoms with van der Waals surface area (Å²) in [7, 11) is 2.04. The number of aliphatic imine (C=N–C) groups is 1. The number of carbonyl (C=O) groups is 2. The molecular weight excluding hydrogens is 268 g/mol. The monoisotopic (exact) mass is 286 g/mol. The molecule has 2 heterocycles. The number of nitrogens with zero attached hydrogens (tertiary/aromatic N) is 3. The highest BCUT2D eigenvalue weighted by molar-refractivity contribution is 6.47. The molecule has 1 fully saturated rings. The molecule has 0 aromatic heterocycles. The Morgan fingerprint density at radius 3 is 2.67 bits per heavy atom. The van der Waals surface area contributed by atoms with Gasteiger partial charge in [-0.3, -0.25) is 14.6 Å². The van der Waals surface area contributed by atoms with Crippen molar-refractivity contribution in [3.8, 4) is 0 Å². The maximum atomic E-state index is 12.7. The van der Waals surface area contributed by atoms with Crippen LogP contribution in [0.2, 0.25) is 0 Å². The number of nitrogens with one attached hydrogen (secondary N) is 1. The van der Waals surface area contributed by atoms with Gasteiger partial charge in [0.05, 0.1) is 5.69 Å². The molecule has 1 aromatic carbocycles. The van der Waals surface area contributed by atoms with Gasteiger partial charge in [-0.15, -0.1) is 0 Å². The van der Waals surface area contributed by atoms with E-state index >= 15 is 0 Å². The highest BCUT2D eigenvalue weighted by atomic mass is 16.2. The van der Waals surface area contributed by atoms with Crippen molar-refractivity contribution in [1.82, 2.24) is 9.80 Å². The zero-order valence-corrected chi connectivity index (χ0v) is 12.0. The molecule has 21 heavy (non-hydrogen) atoms. The standard InChI is InChI=1S/C15H18N4O2/c1-18-6-8-19(9-7-18)15(21)14-11-4-2-3-5-12(11)17-13(20)10-16-14/h2-5H,6-10H2,1H3,(H,17,20). The molecule has 2 aliphatic rings. The minimum Gasteiger partial charge on any atom is -0.335 e. The van der Waals surface area contributed by atoms with E-state index in [1.807, 2.05) is 30.1 Å². The molecule has 2 aliphatic heterocycles. The molecule has 110 valence electrons. The van der Waals surface area contributed by atoms with Gasteiger partial charge in [0.25, 0.3) is 5.91 Å². The molecule has 1 N–H and O–H groups in total. The smallest absolute Gasteiger partial charge is 0.272 e. The molecule has 1 saturated heterocycles. The minimum atomic E-state index is -0.191. The first kappa shape index (κ1) is 13.8. The predicted octanol–water partition coefficient (Wildman–Crippen LogP) is 0.202. The first-order valence-corrected chi connectivity index (χ1v) is 7.06. The molecule has 0 aliphatic carbocycles. The number of para-hydroxylation sites is 1. The Kier molecular flexibility index (Phi) is 3.70. The lowest BCUT2D eigenvalue weighted by molar-refractivity contribution is -0.125. The van der Waals surface area contributed by atoms with E-state index in [9.17, 15) is 9.59 Å². The number of benzodiazepines with no additional fused rings is 1. The maximum absolute atomic E-state index is 12.7. The third-order valence-corrected chi connectivity index (χ3v) is 3.83. The van der Waals surface area contributed by atoms with E-state index < -0.39 is 0 Å². The predicted molar refractivity (Wildman–Crippen MR) is 80.6 cm³/mol. The van der Waals surface area contributed by atoms with Gasteiger partial charge in [0.1, 0.15) is 12.3 Å². The van der Waals surface area contributed by atoms with Crippen molar-refractivity contribution >= 4 is 23.2 Å². The fraction of sp³-hybridized carbons (Fsp3) is 0.400. The summed E-state index contributed by atoms with van der Waals surface area (Å²) in [5.74, 6) is -0.282. The number of carbonyl (C=O) groups excluding carboxylic acids is 2. The zero-order valence-electron chi connectivity index (χ0n) is 12.0. The highest BCUT2D eigenvalue weighted by Crippen LogP contribution is 2.20. The normalized spacial score (nSPS) is 19.4. The Morgan fingerprint density at radius 2 is 1.90 bits per heavy atom. The first-order valence-electron chi connectivity index (χ1n) is 7.06. The number of rotatable bonds is 1. The van der Waals surface area contributed by atoms with E-state index in [1.165, 1.54) is 0 Å². The highest BCUT2D eigenvalue weighted by Gasteiger charge is 2.27. The lowest BCUT2D eigenvalue weighted by Gasteiger charge is -2.32. The summed E-state index contributed by atoms with van der Waals surface area (Å²) in [4.78, 5) is 32.6. The summed E-state index contributed by atoms with van der Waals surface area (Å²) in [6.07, 6.45) is 0. The van der Waals surface area contributed by atoms with Crippen molar-refractivity contribution in [2.24, 2.45) is 4.99 Å². The first-order chi connectivity index (χ1) is 10.1. The van der Waals surface area contributed by atoms with Crippen LogP contribution in [-0.4, -0.2) is 67.1 Å². The third-order valence-electron chi connectivity index (χ3n) is 3.83. The number of amides is 2. The second kappa shape index (κ2) is 5.65. The molecule has 0 spiro atoms. The number of hydrogen-bond acceptors (Lipinski definition) is 4. The van der Waals surface area contributed by atoms with Gasteiger partial charge in [-0.05, 0) is 13.1 Å². The minimum absolute atomic E-state index is 0.0104. The van der Waals surface area contributed by atoms with Crippen LogP contribution in [-0.2, 0) is 9.59 Å². The van der Waals surface area contributed by atoms with Crippen LogP contribution in [0.3, 0.4) is 0 Å². The Balaban J connectivity index is 1.90. The van der Waals surface area contributed by atoms with E-state index in [1.54, 1.807) is 6.07 Å². The Morgan fingerprint density at radius 1 is 1.19 bits per heavy atom. The van der Waals surface area contributed by atoms with Gasteiger partial charge < -0.3 is 15.1 Å². The lowest BCUT2D eigenvalue weighted by atomic mass is 10.1. The van der Waals surface area contributed by atoms with Crippen LogP contribution < -0.4 is 5.32 Å². The average Bonchev–Trinajstić information content (AvgIpc) is 2.65. The van der Waals surface area contributed by atoms with Gasteiger partial charge in [-0.2, -0.15) is 0 Å². The molecule has 0 radical (unpaired) electrons. The molecular formula is C15H18N4O2. The fourth-order valence-electron chi connectivity index (χ4n) is 2.57. The van der Waals surface area contributed by atoms with Gasteiger partial charge >= 0.3 is 0 Å². The van der Waals surface area contributed by atoms with E-state index in [2.05, 4.69) is 15.2 Å². The summed E-state index contributed by atoms with van der Waals surface area (Å²) in [5.41, 5.74) is 1.74. The number of hydrogen-bond donors (Lipinski definition) is 1. The number of likely N-dealkylation sites (N-methyl/N-ethyl adjacent to an activating group) is 1. The maximum Gasteiger partial charge on any atom is 0.272 e. The van der Waals surface area contributed by atoms with Crippen LogP contribution in [0.1, 0.15) is 5.56 Å². The molecule has 6 heteroatoms. The molecule has 6 nitrogen and oxygen atoms in total. The summed E-state index contributed by atoms with van der Waals surface area (Å²) < 4.78 is 0. The number of piperazine rings is 1. The summed E-state index contributed by atoms with van der Waals surface area (Å²) in [5, 5.41) is 2.78. The largest absolute Gasteiger partial charge is 0.335 e. The van der Waals surface area contributed by atoms with Crippen molar-refractivity contribution < 1.29 is 9.59 Å². The van der Waals surface area contributed by atoms with E-state index in [-0.39, 0.29) is 18.4 Å². The molecule has 0 saturated carbocycles. The van der Waals surface area contributed by atoms with Gasteiger partial charge in [0.15, 0.2) is 0 Å². The van der Waals surface area contributed by atoms with Gasteiger partial charge in [0.2, 0.25) is 5.91 Å². The summed E-state index contributed by atoms with van der Waals surface area (Å²) in [6, 6.07) is 7.31. The molecule has 0 atom stereocenters. The average molecular weight is 286 g/mol. The summed E-state index contributed by atoms with van der Waals surface area (Å²) in [6.45, 7) is 3.09. The van der Waals surface area contributed by atoms with E-state index in [0.717, 1.165) is 13.1 Å². The third kappa shape index (κ3) is 2.80. The quantitative estimate of drug-likeness (QED) is 0.802. The second-order valence-corrected chi connectivity index (χ2v) is 5.35. The van der Waals surface area contributed by atoms with Crippen molar-refractivity contribution in [3.05, 3.63) is 29.8 Å². The topological polar surface area (TPSA) is 65.0 Å². The zero-order chi connectivity index (χ0) is 14.8. The van der Waals surface area contributed by atoms with Crippen molar-refractivity contribution in [1.29, 1.82) is 0 Å². The van der Waals surface area contributed by atoms with Crippen LogP contribution >= 0.6 is 0 Å². The van der Waals surface area contributed by atoms with Crippen LogP contribution in [0, 0.1) is 0 Å². The van der Waals surface area contributed by atoms with Gasteiger partial charge in [-0.25, -0.2) is 0 Å². The lowest BCUT2D eigenvalue weighted by Crippen LogP contribution is -2.49. The number of benzene rings is 1. The van der Waals surface area contributed by atoms with Crippen molar-refractivity contribution in [2.75, 3.05) is 45.1 Å². The number of anilines is 1. The molecule has 0 bridgehead atoms. The van der Waals surface area contributed by atoms with Crippen LogP contribution in [0.5, 0.6) is 0 Å². The Hall–Kier alpha value is -2.21. The van der Waals surface area contributed by atoms with E-state index in [4.69, 9.17) is 0 Å². The van der Waals surface area contributed by atoms with Gasteiger partial charge in [-0.1, -0.05) is 18.2 Å². The molecule has 0 unspecified atom stereocenters. The van der Waals surface area contributed by atoms with Gasteiger partial charge in [0, 0.05) is 31.7 Å². The Bertz CT molecular complexity index is 603. The van der Waals surface area contributed by atoms with Crippen LogP contribution in [0.4, 0.5) is 5.69 Å². The van der Waals surface area contributed by atoms with Crippen LogP contribution in [0.15, 0.2) is 29.3 Å². The van der Waals surface area contributed by atoms with Crippen molar-refractivity contribution in [2.45, 2.75) is 0 Å². The van der Waals surface area contributed by atoms with E-state index in [0.29, 0.717) is 30.1 Å². The SMILES string of the molecule is CN1CCN(C(=O)C2=NCC(=O)Nc3ccccc32)CC1.